The maximum Gasteiger partial charge on any atom is 0.416 e. The number of hydrogen-bond acceptors (Lipinski definition) is 4. The van der Waals surface area contributed by atoms with Crippen LogP contribution in [0.5, 0.6) is 5.75 Å². The lowest BCUT2D eigenvalue weighted by molar-refractivity contribution is -0.137. The molecule has 0 aliphatic carbocycles. The monoisotopic (exact) mass is 537 g/mol. The number of likely N-dealkylation sites (tertiary alicyclic amines) is 1. The number of ether oxygens (including phenoxy) is 1. The van der Waals surface area contributed by atoms with Crippen LogP contribution in [0.1, 0.15) is 22.6 Å². The molecule has 5 nitrogen and oxygen atoms in total. The molecule has 206 valence electrons. The summed E-state index contributed by atoms with van der Waals surface area (Å²) < 4.78 is 45.8. The quantitative estimate of drug-likeness (QED) is 0.409. The van der Waals surface area contributed by atoms with E-state index in [9.17, 15) is 18.0 Å². The third-order valence-electron chi connectivity index (χ3n) is 7.94. The number of piperazine rings is 1. The van der Waals surface area contributed by atoms with Gasteiger partial charge in [-0.15, -0.1) is 0 Å². The number of para-hydroxylation sites is 1. The number of rotatable bonds is 7. The Morgan fingerprint density at radius 3 is 2.28 bits per heavy atom. The molecule has 2 unspecified atom stereocenters. The second-order valence-electron chi connectivity index (χ2n) is 10.4. The van der Waals surface area contributed by atoms with Gasteiger partial charge in [-0.1, -0.05) is 48.5 Å². The number of carbonyl (C=O) groups is 1. The molecule has 0 N–H and O–H groups in total. The highest BCUT2D eigenvalue weighted by molar-refractivity contribution is 5.79. The molecule has 3 aromatic carbocycles. The molecule has 0 aromatic heterocycles. The van der Waals surface area contributed by atoms with Crippen molar-refractivity contribution < 1.29 is 22.7 Å². The van der Waals surface area contributed by atoms with E-state index in [1.165, 1.54) is 17.8 Å². The van der Waals surface area contributed by atoms with Crippen LogP contribution < -0.4 is 9.64 Å². The van der Waals surface area contributed by atoms with Crippen LogP contribution in [0.25, 0.3) is 0 Å². The Morgan fingerprint density at radius 2 is 1.62 bits per heavy atom. The molecule has 0 radical (unpaired) electrons. The van der Waals surface area contributed by atoms with E-state index in [1.807, 2.05) is 47.4 Å². The average molecular weight is 538 g/mol. The molecule has 3 aromatic rings. The van der Waals surface area contributed by atoms with E-state index in [4.69, 9.17) is 4.74 Å². The number of nitrogens with zero attached hydrogens (tertiary/aromatic N) is 3. The van der Waals surface area contributed by atoms with Gasteiger partial charge in [0.2, 0.25) is 5.91 Å². The fraction of sp³-hybridized carbons (Fsp3) is 0.387. The van der Waals surface area contributed by atoms with E-state index in [0.29, 0.717) is 18.7 Å². The zero-order valence-corrected chi connectivity index (χ0v) is 22.1. The maximum absolute atomic E-state index is 13.5. The summed E-state index contributed by atoms with van der Waals surface area (Å²) in [5.74, 6) is 0.619. The van der Waals surface area contributed by atoms with Gasteiger partial charge in [0.25, 0.3) is 0 Å². The van der Waals surface area contributed by atoms with Gasteiger partial charge in [-0.3, -0.25) is 9.69 Å². The van der Waals surface area contributed by atoms with Crippen molar-refractivity contribution in [3.63, 3.8) is 0 Å². The Labute approximate surface area is 227 Å². The van der Waals surface area contributed by atoms with Crippen LogP contribution in [-0.2, 0) is 17.4 Å². The topological polar surface area (TPSA) is 36.0 Å². The Bertz CT molecular complexity index is 1240. The first-order valence-corrected chi connectivity index (χ1v) is 13.4. The average Bonchev–Trinajstić information content (AvgIpc) is 3.38. The number of amides is 1. The SMILES string of the molecule is COc1ccc(CC(=O)N2CC(CN3CCN(c4ccccc4)CC3)C(c3cccc(C(F)(F)F)c3)C2)cc1. The molecule has 2 aliphatic rings. The minimum atomic E-state index is -4.40. The fourth-order valence-corrected chi connectivity index (χ4v) is 5.77. The van der Waals surface area contributed by atoms with Gasteiger partial charge >= 0.3 is 6.18 Å². The predicted octanol–water partition coefficient (Wildman–Crippen LogP) is 5.32. The van der Waals surface area contributed by atoms with E-state index < -0.39 is 11.7 Å². The first-order chi connectivity index (χ1) is 18.8. The number of methoxy groups -OCH3 is 1. The number of benzene rings is 3. The van der Waals surface area contributed by atoms with E-state index in [-0.39, 0.29) is 24.2 Å². The van der Waals surface area contributed by atoms with Gasteiger partial charge in [0.05, 0.1) is 19.1 Å². The van der Waals surface area contributed by atoms with Crippen molar-refractivity contribution >= 4 is 11.6 Å². The number of alkyl halides is 3. The van der Waals surface area contributed by atoms with Crippen molar-refractivity contribution in [1.29, 1.82) is 0 Å². The molecule has 1 amide bonds. The van der Waals surface area contributed by atoms with Crippen LogP contribution in [0.3, 0.4) is 0 Å². The predicted molar refractivity (Wildman–Crippen MR) is 146 cm³/mol. The van der Waals surface area contributed by atoms with Crippen molar-refractivity contribution in [2.24, 2.45) is 5.92 Å². The Balaban J connectivity index is 1.30. The summed E-state index contributed by atoms with van der Waals surface area (Å²) in [7, 11) is 1.60. The largest absolute Gasteiger partial charge is 0.497 e. The van der Waals surface area contributed by atoms with E-state index in [1.54, 1.807) is 13.2 Å². The highest BCUT2D eigenvalue weighted by Gasteiger charge is 2.39. The van der Waals surface area contributed by atoms with Crippen molar-refractivity contribution in [2.45, 2.75) is 18.5 Å². The second-order valence-corrected chi connectivity index (χ2v) is 10.4. The van der Waals surface area contributed by atoms with Crippen molar-refractivity contribution in [3.8, 4) is 5.75 Å². The molecule has 5 rings (SSSR count). The summed E-state index contributed by atoms with van der Waals surface area (Å²) in [6.45, 7) is 5.24. The summed E-state index contributed by atoms with van der Waals surface area (Å²) in [6.07, 6.45) is -4.15. The molecule has 0 saturated carbocycles. The first-order valence-electron chi connectivity index (χ1n) is 13.4. The van der Waals surface area contributed by atoms with Gasteiger partial charge in [-0.05, 0) is 47.4 Å². The van der Waals surface area contributed by atoms with Gasteiger partial charge in [0.15, 0.2) is 0 Å². The molecule has 2 heterocycles. The van der Waals surface area contributed by atoms with Crippen molar-refractivity contribution in [1.82, 2.24) is 9.80 Å². The van der Waals surface area contributed by atoms with Crippen LogP contribution >= 0.6 is 0 Å². The normalized spacial score (nSPS) is 20.3. The Kier molecular flexibility index (Phi) is 8.12. The Morgan fingerprint density at radius 1 is 0.897 bits per heavy atom. The molecule has 2 atom stereocenters. The molecular weight excluding hydrogens is 503 g/mol. The van der Waals surface area contributed by atoms with Crippen LogP contribution in [0.2, 0.25) is 0 Å². The molecular formula is C31H34F3N3O2. The summed E-state index contributed by atoms with van der Waals surface area (Å²) in [4.78, 5) is 19.9. The van der Waals surface area contributed by atoms with Gasteiger partial charge in [-0.25, -0.2) is 0 Å². The van der Waals surface area contributed by atoms with Gasteiger partial charge in [0, 0.05) is 57.4 Å². The van der Waals surface area contributed by atoms with Gasteiger partial charge < -0.3 is 14.5 Å². The number of carbonyl (C=O) groups excluding carboxylic acids is 1. The summed E-state index contributed by atoms with van der Waals surface area (Å²) in [5.41, 5.74) is 2.10. The Hall–Kier alpha value is -3.52. The van der Waals surface area contributed by atoms with Crippen LogP contribution in [0.15, 0.2) is 78.9 Å². The van der Waals surface area contributed by atoms with Crippen molar-refractivity contribution in [2.75, 3.05) is 57.8 Å². The lowest BCUT2D eigenvalue weighted by Gasteiger charge is -2.38. The van der Waals surface area contributed by atoms with Crippen LogP contribution in [-0.4, -0.2) is 68.6 Å². The van der Waals surface area contributed by atoms with Crippen molar-refractivity contribution in [3.05, 3.63) is 95.6 Å². The number of anilines is 1. The second kappa shape index (κ2) is 11.7. The summed E-state index contributed by atoms with van der Waals surface area (Å²) >= 11 is 0. The molecule has 39 heavy (non-hydrogen) atoms. The highest BCUT2D eigenvalue weighted by Crippen LogP contribution is 2.37. The molecule has 2 saturated heterocycles. The lowest BCUT2D eigenvalue weighted by atomic mass is 9.87. The van der Waals surface area contributed by atoms with Gasteiger partial charge in [-0.2, -0.15) is 13.2 Å². The third kappa shape index (κ3) is 6.56. The van der Waals surface area contributed by atoms with E-state index >= 15 is 0 Å². The highest BCUT2D eigenvalue weighted by atomic mass is 19.4. The molecule has 2 aliphatic heterocycles. The standard InChI is InChI=1S/C31H34F3N3O2/c1-39-28-12-10-23(11-13-28)18-30(38)37-21-25(29(22-37)24-6-5-7-26(19-24)31(32,33)34)20-35-14-16-36(17-15-35)27-8-3-2-4-9-27/h2-13,19,25,29H,14-18,20-22H2,1H3. The summed E-state index contributed by atoms with van der Waals surface area (Å²) in [5, 5.41) is 0. The molecule has 8 heteroatoms. The number of hydrogen-bond donors (Lipinski definition) is 0. The van der Waals surface area contributed by atoms with E-state index in [2.05, 4.69) is 21.9 Å². The zero-order chi connectivity index (χ0) is 27.4. The smallest absolute Gasteiger partial charge is 0.416 e. The minimum Gasteiger partial charge on any atom is -0.497 e. The molecule has 0 bridgehead atoms. The lowest BCUT2D eigenvalue weighted by Crippen LogP contribution is -2.48. The van der Waals surface area contributed by atoms with Gasteiger partial charge in [0.1, 0.15) is 5.75 Å². The first kappa shape index (κ1) is 27.1. The summed E-state index contributed by atoms with van der Waals surface area (Å²) in [6, 6.07) is 23.4. The zero-order valence-electron chi connectivity index (χ0n) is 22.1. The number of halogens is 3. The minimum absolute atomic E-state index is 0.00598. The van der Waals surface area contributed by atoms with Crippen LogP contribution in [0.4, 0.5) is 18.9 Å². The van der Waals surface area contributed by atoms with E-state index in [0.717, 1.165) is 50.1 Å². The van der Waals surface area contributed by atoms with Crippen LogP contribution in [0, 0.1) is 5.92 Å². The maximum atomic E-state index is 13.5. The fourth-order valence-electron chi connectivity index (χ4n) is 5.77. The molecule has 0 spiro atoms. The molecule has 2 fully saturated rings. The third-order valence-corrected chi connectivity index (χ3v) is 7.94.